The van der Waals surface area contributed by atoms with Crippen molar-refractivity contribution in [2.45, 2.75) is 6.36 Å². The maximum Gasteiger partial charge on any atom is 0.573 e. The SMILES string of the molecule is Nc1ncc(Cl)c(Oc2ccc(OC(F)(F)F)c(Br)c2)n1. The van der Waals surface area contributed by atoms with Crippen LogP contribution in [0.4, 0.5) is 19.1 Å². The summed E-state index contributed by atoms with van der Waals surface area (Å²) in [6, 6.07) is 3.63. The van der Waals surface area contributed by atoms with E-state index in [-0.39, 0.29) is 27.1 Å². The molecule has 0 saturated carbocycles. The van der Waals surface area contributed by atoms with Gasteiger partial charge in [-0.1, -0.05) is 11.6 Å². The molecule has 1 aromatic heterocycles. The van der Waals surface area contributed by atoms with Crippen molar-refractivity contribution in [3.05, 3.63) is 33.9 Å². The van der Waals surface area contributed by atoms with Gasteiger partial charge in [0.2, 0.25) is 11.8 Å². The zero-order valence-corrected chi connectivity index (χ0v) is 12.3. The van der Waals surface area contributed by atoms with E-state index in [0.717, 1.165) is 6.07 Å². The van der Waals surface area contributed by atoms with Crippen molar-refractivity contribution in [2.75, 3.05) is 5.73 Å². The van der Waals surface area contributed by atoms with E-state index in [1.54, 1.807) is 0 Å². The Morgan fingerprint density at radius 3 is 2.62 bits per heavy atom. The van der Waals surface area contributed by atoms with Crippen LogP contribution in [0.2, 0.25) is 5.02 Å². The quantitative estimate of drug-likeness (QED) is 0.860. The molecule has 0 spiro atoms. The van der Waals surface area contributed by atoms with Crippen LogP contribution in [0.5, 0.6) is 17.4 Å². The second-order valence-corrected chi connectivity index (χ2v) is 4.88. The normalized spacial score (nSPS) is 11.3. The topological polar surface area (TPSA) is 70.3 Å². The Hall–Kier alpha value is -1.74. The fourth-order valence-corrected chi connectivity index (χ4v) is 1.87. The van der Waals surface area contributed by atoms with Crippen LogP contribution in [0.3, 0.4) is 0 Å². The number of anilines is 1. The molecule has 0 aliphatic rings. The van der Waals surface area contributed by atoms with Gasteiger partial charge in [0.15, 0.2) is 0 Å². The maximum absolute atomic E-state index is 12.1. The van der Waals surface area contributed by atoms with Gasteiger partial charge in [0.05, 0.1) is 10.7 Å². The molecule has 5 nitrogen and oxygen atoms in total. The summed E-state index contributed by atoms with van der Waals surface area (Å²) in [7, 11) is 0. The first-order chi connectivity index (χ1) is 9.74. The Morgan fingerprint density at radius 1 is 1.29 bits per heavy atom. The molecule has 1 heterocycles. The highest BCUT2D eigenvalue weighted by atomic mass is 79.9. The third-order valence-corrected chi connectivity index (χ3v) is 2.95. The summed E-state index contributed by atoms with van der Waals surface area (Å²) < 4.78 is 45.6. The number of halogens is 5. The number of ether oxygens (including phenoxy) is 2. The Bertz CT molecular complexity index is 670. The molecular formula is C11H6BrClF3N3O2. The second-order valence-electron chi connectivity index (χ2n) is 3.62. The van der Waals surface area contributed by atoms with Crippen molar-refractivity contribution in [3.8, 4) is 17.4 Å². The molecular weight excluding hydrogens is 378 g/mol. The van der Waals surface area contributed by atoms with Gasteiger partial charge in [-0.15, -0.1) is 13.2 Å². The van der Waals surface area contributed by atoms with Crippen LogP contribution in [0.25, 0.3) is 0 Å². The molecule has 0 fully saturated rings. The number of hydrogen-bond acceptors (Lipinski definition) is 5. The van der Waals surface area contributed by atoms with Crippen molar-refractivity contribution in [1.29, 1.82) is 0 Å². The Labute approximate surface area is 130 Å². The van der Waals surface area contributed by atoms with E-state index in [1.165, 1.54) is 18.3 Å². The van der Waals surface area contributed by atoms with Gasteiger partial charge in [0.1, 0.15) is 16.5 Å². The number of alkyl halides is 3. The van der Waals surface area contributed by atoms with Gasteiger partial charge in [-0.25, -0.2) is 4.98 Å². The Balaban J connectivity index is 2.22. The molecule has 0 atom stereocenters. The average Bonchev–Trinajstić information content (AvgIpc) is 2.36. The van der Waals surface area contributed by atoms with Gasteiger partial charge >= 0.3 is 6.36 Å². The van der Waals surface area contributed by atoms with E-state index in [2.05, 4.69) is 30.6 Å². The molecule has 0 radical (unpaired) electrons. The molecule has 112 valence electrons. The lowest BCUT2D eigenvalue weighted by Gasteiger charge is -2.12. The van der Waals surface area contributed by atoms with Crippen molar-refractivity contribution >= 4 is 33.5 Å². The van der Waals surface area contributed by atoms with Crippen molar-refractivity contribution < 1.29 is 22.6 Å². The molecule has 0 bridgehead atoms. The first-order valence-corrected chi connectivity index (χ1v) is 6.43. The first kappa shape index (κ1) is 15.6. The zero-order valence-electron chi connectivity index (χ0n) is 9.99. The predicted octanol–water partition coefficient (Wildman–Crippen LogP) is 4.17. The van der Waals surface area contributed by atoms with E-state index >= 15 is 0 Å². The highest BCUT2D eigenvalue weighted by Crippen LogP contribution is 2.35. The highest BCUT2D eigenvalue weighted by Gasteiger charge is 2.32. The van der Waals surface area contributed by atoms with Crippen molar-refractivity contribution in [1.82, 2.24) is 9.97 Å². The summed E-state index contributed by atoms with van der Waals surface area (Å²) in [6.45, 7) is 0. The number of nitrogens with two attached hydrogens (primary N) is 1. The molecule has 2 N–H and O–H groups in total. The number of aromatic nitrogens is 2. The summed E-state index contributed by atoms with van der Waals surface area (Å²) in [4.78, 5) is 7.42. The average molecular weight is 385 g/mol. The predicted molar refractivity (Wildman–Crippen MR) is 72.4 cm³/mol. The molecule has 0 unspecified atom stereocenters. The highest BCUT2D eigenvalue weighted by molar-refractivity contribution is 9.10. The van der Waals surface area contributed by atoms with Crippen molar-refractivity contribution in [2.24, 2.45) is 0 Å². The molecule has 10 heteroatoms. The number of nitrogens with zero attached hydrogens (tertiary/aromatic N) is 2. The Morgan fingerprint density at radius 2 is 2.00 bits per heavy atom. The van der Waals surface area contributed by atoms with Gasteiger partial charge in [-0.2, -0.15) is 4.98 Å². The lowest BCUT2D eigenvalue weighted by Crippen LogP contribution is -2.17. The van der Waals surface area contributed by atoms with E-state index in [4.69, 9.17) is 22.1 Å². The Kier molecular flexibility index (Phi) is 4.43. The van der Waals surface area contributed by atoms with E-state index in [1.807, 2.05) is 0 Å². The minimum Gasteiger partial charge on any atom is -0.437 e. The molecule has 2 aromatic rings. The second kappa shape index (κ2) is 5.94. The standard InChI is InChI=1S/C11H6BrClF3N3O2/c12-6-3-5(1-2-8(6)21-11(14,15)16)20-9-7(13)4-18-10(17)19-9/h1-4H,(H2,17,18,19). The summed E-state index contributed by atoms with van der Waals surface area (Å²) >= 11 is 8.76. The lowest BCUT2D eigenvalue weighted by atomic mass is 10.3. The van der Waals surface area contributed by atoms with Crippen LogP contribution in [0.1, 0.15) is 0 Å². The summed E-state index contributed by atoms with van der Waals surface area (Å²) in [5.41, 5.74) is 5.39. The van der Waals surface area contributed by atoms with Crippen LogP contribution in [-0.4, -0.2) is 16.3 Å². The van der Waals surface area contributed by atoms with Crippen molar-refractivity contribution in [3.63, 3.8) is 0 Å². The fraction of sp³-hybridized carbons (Fsp3) is 0.0909. The number of benzene rings is 1. The fourth-order valence-electron chi connectivity index (χ4n) is 1.30. The molecule has 0 aliphatic heterocycles. The summed E-state index contributed by atoms with van der Waals surface area (Å²) in [6.07, 6.45) is -3.54. The number of hydrogen-bond donors (Lipinski definition) is 1. The van der Waals surface area contributed by atoms with Gasteiger partial charge < -0.3 is 15.2 Å². The number of rotatable bonds is 3. The monoisotopic (exact) mass is 383 g/mol. The zero-order chi connectivity index (χ0) is 15.6. The van der Waals surface area contributed by atoms with Gasteiger partial charge in [-0.3, -0.25) is 0 Å². The van der Waals surface area contributed by atoms with Crippen LogP contribution in [0, 0.1) is 0 Å². The van der Waals surface area contributed by atoms with E-state index < -0.39 is 12.1 Å². The van der Waals surface area contributed by atoms with Gasteiger partial charge in [0, 0.05) is 0 Å². The minimum atomic E-state index is -4.78. The third kappa shape index (κ3) is 4.36. The smallest absolute Gasteiger partial charge is 0.437 e. The van der Waals surface area contributed by atoms with Crippen LogP contribution in [-0.2, 0) is 0 Å². The minimum absolute atomic E-state index is 0.0134. The lowest BCUT2D eigenvalue weighted by molar-refractivity contribution is -0.274. The molecule has 0 amide bonds. The van der Waals surface area contributed by atoms with E-state index in [9.17, 15) is 13.2 Å². The maximum atomic E-state index is 12.1. The molecule has 2 rings (SSSR count). The number of nitrogen functional groups attached to an aromatic ring is 1. The van der Waals surface area contributed by atoms with Crippen LogP contribution < -0.4 is 15.2 Å². The molecule has 0 aliphatic carbocycles. The van der Waals surface area contributed by atoms with Gasteiger partial charge in [0.25, 0.3) is 0 Å². The largest absolute Gasteiger partial charge is 0.573 e. The molecule has 0 saturated heterocycles. The third-order valence-electron chi connectivity index (χ3n) is 2.07. The summed E-state index contributed by atoms with van der Waals surface area (Å²) in [5.74, 6) is -0.273. The van der Waals surface area contributed by atoms with Crippen LogP contribution >= 0.6 is 27.5 Å². The summed E-state index contributed by atoms with van der Waals surface area (Å²) in [5, 5.41) is 0.107. The molecule has 21 heavy (non-hydrogen) atoms. The van der Waals surface area contributed by atoms with Crippen LogP contribution in [0.15, 0.2) is 28.9 Å². The molecule has 1 aromatic carbocycles. The van der Waals surface area contributed by atoms with Gasteiger partial charge in [-0.05, 0) is 34.1 Å². The van der Waals surface area contributed by atoms with E-state index in [0.29, 0.717) is 0 Å². The first-order valence-electron chi connectivity index (χ1n) is 5.26.